The molecule has 2 aromatic carbocycles. The molecule has 0 bridgehead atoms. The predicted molar refractivity (Wildman–Crippen MR) is 116 cm³/mol. The van der Waals surface area contributed by atoms with E-state index in [-0.39, 0.29) is 36.1 Å². The van der Waals surface area contributed by atoms with Crippen LogP contribution in [0.2, 0.25) is 0 Å². The number of halogens is 1. The highest BCUT2D eigenvalue weighted by Gasteiger charge is 2.29. The summed E-state index contributed by atoms with van der Waals surface area (Å²) in [6.07, 6.45) is 0. The normalized spacial score (nSPS) is 15.7. The molecular formula is C19H21BrN4O5S. The van der Waals surface area contributed by atoms with Gasteiger partial charge in [-0.05, 0) is 31.2 Å². The van der Waals surface area contributed by atoms with Crippen molar-refractivity contribution in [2.45, 2.75) is 11.8 Å². The van der Waals surface area contributed by atoms with E-state index in [1.807, 2.05) is 4.90 Å². The summed E-state index contributed by atoms with van der Waals surface area (Å²) in [5.74, 6) is -0.304. The molecule has 1 saturated heterocycles. The summed E-state index contributed by atoms with van der Waals surface area (Å²) < 4.78 is 27.7. The number of rotatable bonds is 6. The number of hydrogen-bond donors (Lipinski definition) is 1. The van der Waals surface area contributed by atoms with Crippen LogP contribution in [-0.4, -0.2) is 61.2 Å². The number of nitro groups is 1. The number of nitro benzene ring substituents is 1. The maximum Gasteiger partial charge on any atom is 0.274 e. The summed E-state index contributed by atoms with van der Waals surface area (Å²) in [4.78, 5) is 25.0. The topological polar surface area (TPSA) is 113 Å². The number of sulfonamides is 1. The van der Waals surface area contributed by atoms with E-state index in [0.29, 0.717) is 28.8 Å². The first kappa shape index (κ1) is 22.3. The quantitative estimate of drug-likeness (QED) is 0.485. The minimum atomic E-state index is -3.59. The van der Waals surface area contributed by atoms with Crippen molar-refractivity contribution in [2.24, 2.45) is 0 Å². The Labute approximate surface area is 183 Å². The van der Waals surface area contributed by atoms with Crippen LogP contribution in [0.4, 0.5) is 11.4 Å². The molecule has 2 aromatic rings. The molecule has 160 valence electrons. The lowest BCUT2D eigenvalue weighted by Gasteiger charge is -2.33. The van der Waals surface area contributed by atoms with E-state index in [0.717, 1.165) is 0 Å². The molecule has 0 spiro atoms. The third kappa shape index (κ3) is 5.04. The van der Waals surface area contributed by atoms with E-state index in [1.54, 1.807) is 37.3 Å². The largest absolute Gasteiger partial charge is 0.324 e. The molecule has 3 rings (SSSR count). The van der Waals surface area contributed by atoms with Gasteiger partial charge in [-0.1, -0.05) is 28.1 Å². The summed E-state index contributed by atoms with van der Waals surface area (Å²) in [5.41, 5.74) is 0.727. The first-order chi connectivity index (χ1) is 14.2. The van der Waals surface area contributed by atoms with Gasteiger partial charge in [-0.2, -0.15) is 4.31 Å². The van der Waals surface area contributed by atoms with Crippen LogP contribution in [0.1, 0.15) is 5.56 Å². The predicted octanol–water partition coefficient (Wildman–Crippen LogP) is 2.61. The number of anilines is 1. The molecular weight excluding hydrogens is 476 g/mol. The number of hydrogen-bond acceptors (Lipinski definition) is 6. The SMILES string of the molecule is Cc1c(NC(=O)CN2CCN(S(=O)(=O)c3cccc(Br)c3)CC2)cccc1[N+](=O)[O-]. The first-order valence-electron chi connectivity index (χ1n) is 9.20. The lowest BCUT2D eigenvalue weighted by atomic mass is 10.1. The molecule has 0 radical (unpaired) electrons. The van der Waals surface area contributed by atoms with E-state index in [4.69, 9.17) is 0 Å². The van der Waals surface area contributed by atoms with Crippen molar-refractivity contribution in [1.29, 1.82) is 0 Å². The third-order valence-electron chi connectivity index (χ3n) is 4.91. The number of nitrogens with zero attached hydrogens (tertiary/aromatic N) is 3. The zero-order valence-electron chi connectivity index (χ0n) is 16.2. The number of carbonyl (C=O) groups is 1. The van der Waals surface area contributed by atoms with Gasteiger partial charge in [-0.25, -0.2) is 8.42 Å². The van der Waals surface area contributed by atoms with Crippen molar-refractivity contribution in [2.75, 3.05) is 38.0 Å². The molecule has 11 heteroatoms. The lowest BCUT2D eigenvalue weighted by molar-refractivity contribution is -0.385. The monoisotopic (exact) mass is 496 g/mol. The van der Waals surface area contributed by atoms with Crippen molar-refractivity contribution in [3.05, 3.63) is 62.6 Å². The highest BCUT2D eigenvalue weighted by atomic mass is 79.9. The standard InChI is InChI=1S/C19H21BrN4O5S/c1-14-17(6-3-7-18(14)24(26)27)21-19(25)13-22-8-10-23(11-9-22)30(28,29)16-5-2-4-15(20)12-16/h2-7,12H,8-11,13H2,1H3,(H,21,25). The summed E-state index contributed by atoms with van der Waals surface area (Å²) >= 11 is 3.29. The van der Waals surface area contributed by atoms with Crippen LogP contribution in [-0.2, 0) is 14.8 Å². The Morgan fingerprint density at radius 1 is 1.17 bits per heavy atom. The van der Waals surface area contributed by atoms with Gasteiger partial charge in [0.25, 0.3) is 5.69 Å². The molecule has 1 aliphatic heterocycles. The third-order valence-corrected chi connectivity index (χ3v) is 7.30. The van der Waals surface area contributed by atoms with E-state index in [9.17, 15) is 23.3 Å². The van der Waals surface area contributed by atoms with Gasteiger partial charge in [0.05, 0.1) is 27.6 Å². The van der Waals surface area contributed by atoms with Crippen LogP contribution < -0.4 is 5.32 Å². The van der Waals surface area contributed by atoms with Gasteiger partial charge >= 0.3 is 0 Å². The van der Waals surface area contributed by atoms with Gasteiger partial charge in [0.1, 0.15) is 0 Å². The minimum Gasteiger partial charge on any atom is -0.324 e. The molecule has 9 nitrogen and oxygen atoms in total. The van der Waals surface area contributed by atoms with Crippen LogP contribution in [0.25, 0.3) is 0 Å². The van der Waals surface area contributed by atoms with E-state index < -0.39 is 14.9 Å². The Morgan fingerprint density at radius 3 is 2.47 bits per heavy atom. The van der Waals surface area contributed by atoms with E-state index in [2.05, 4.69) is 21.2 Å². The maximum absolute atomic E-state index is 12.8. The molecule has 0 aliphatic carbocycles. The highest BCUT2D eigenvalue weighted by Crippen LogP contribution is 2.25. The second-order valence-corrected chi connectivity index (χ2v) is 9.75. The van der Waals surface area contributed by atoms with Gasteiger partial charge in [-0.15, -0.1) is 0 Å². The average molecular weight is 497 g/mol. The Bertz CT molecular complexity index is 1070. The smallest absolute Gasteiger partial charge is 0.274 e. The van der Waals surface area contributed by atoms with Gasteiger partial charge in [0.15, 0.2) is 0 Å². The van der Waals surface area contributed by atoms with Crippen LogP contribution in [0.15, 0.2) is 51.8 Å². The average Bonchev–Trinajstić information content (AvgIpc) is 2.69. The molecule has 0 atom stereocenters. The number of amides is 1. The minimum absolute atomic E-state index is 0.0563. The molecule has 1 heterocycles. The number of nitrogens with one attached hydrogen (secondary N) is 1. The first-order valence-corrected chi connectivity index (χ1v) is 11.4. The van der Waals surface area contributed by atoms with Crippen LogP contribution in [0.3, 0.4) is 0 Å². The Morgan fingerprint density at radius 2 is 1.83 bits per heavy atom. The van der Waals surface area contributed by atoms with Crippen molar-refractivity contribution in [1.82, 2.24) is 9.21 Å². The van der Waals surface area contributed by atoms with Crippen molar-refractivity contribution in [3.63, 3.8) is 0 Å². The van der Waals surface area contributed by atoms with Crippen molar-refractivity contribution < 1.29 is 18.1 Å². The molecule has 0 saturated carbocycles. The van der Waals surface area contributed by atoms with Crippen LogP contribution in [0, 0.1) is 17.0 Å². The molecule has 1 aliphatic rings. The molecule has 0 unspecified atom stereocenters. The van der Waals surface area contributed by atoms with Crippen LogP contribution >= 0.6 is 15.9 Å². The summed E-state index contributed by atoms with van der Waals surface area (Å²) in [6, 6.07) is 11.1. The van der Waals surface area contributed by atoms with Crippen LogP contribution in [0.5, 0.6) is 0 Å². The van der Waals surface area contributed by atoms with Gasteiger partial charge in [-0.3, -0.25) is 19.8 Å². The van der Waals surface area contributed by atoms with Gasteiger partial charge in [0, 0.05) is 36.7 Å². The zero-order chi connectivity index (χ0) is 21.9. The molecule has 1 amide bonds. The Balaban J connectivity index is 1.58. The Kier molecular flexibility index (Phi) is 6.86. The van der Waals surface area contributed by atoms with Gasteiger partial charge in [0.2, 0.25) is 15.9 Å². The fourth-order valence-electron chi connectivity index (χ4n) is 3.25. The van der Waals surface area contributed by atoms with Crippen molar-refractivity contribution >= 4 is 43.2 Å². The molecule has 1 fully saturated rings. The van der Waals surface area contributed by atoms with E-state index >= 15 is 0 Å². The number of carbonyl (C=O) groups excluding carboxylic acids is 1. The summed E-state index contributed by atoms with van der Waals surface area (Å²) in [7, 11) is -3.59. The highest BCUT2D eigenvalue weighted by molar-refractivity contribution is 9.10. The second kappa shape index (κ2) is 9.21. The second-order valence-electron chi connectivity index (χ2n) is 6.89. The fraction of sp³-hybridized carbons (Fsp3) is 0.316. The number of piperazine rings is 1. The van der Waals surface area contributed by atoms with Crippen molar-refractivity contribution in [3.8, 4) is 0 Å². The molecule has 0 aromatic heterocycles. The molecule has 1 N–H and O–H groups in total. The maximum atomic E-state index is 12.8. The lowest BCUT2D eigenvalue weighted by Crippen LogP contribution is -2.50. The summed E-state index contributed by atoms with van der Waals surface area (Å²) in [6.45, 7) is 3.03. The zero-order valence-corrected chi connectivity index (χ0v) is 18.6. The van der Waals surface area contributed by atoms with E-state index in [1.165, 1.54) is 16.4 Å². The van der Waals surface area contributed by atoms with Gasteiger partial charge < -0.3 is 5.32 Å². The Hall–Kier alpha value is -2.34. The summed E-state index contributed by atoms with van der Waals surface area (Å²) in [5, 5.41) is 13.7. The fourth-order valence-corrected chi connectivity index (χ4v) is 5.27. The molecule has 30 heavy (non-hydrogen) atoms. The number of benzene rings is 2.